The first-order valence-electron chi connectivity index (χ1n) is 6.35. The van der Waals surface area contributed by atoms with Crippen molar-refractivity contribution >= 4 is 17.7 Å². The fraction of sp³-hybridized carbons (Fsp3) is 0.308. The van der Waals surface area contributed by atoms with E-state index < -0.39 is 5.97 Å². The molecule has 1 aliphatic heterocycles. The summed E-state index contributed by atoms with van der Waals surface area (Å²) < 4.78 is 4.58. The molecule has 0 fully saturated rings. The number of aryl methyl sites for hydroxylation is 1. The minimum atomic E-state index is -0.546. The highest BCUT2D eigenvalue weighted by atomic mass is 16.5. The summed E-state index contributed by atoms with van der Waals surface area (Å²) in [5, 5.41) is 9.63. The Bertz CT molecular complexity index is 707. The largest absolute Gasteiger partial charge is 0.464 e. The molecule has 0 saturated heterocycles. The highest BCUT2D eigenvalue weighted by Crippen LogP contribution is 2.36. The smallest absolute Gasteiger partial charge is 0.358 e. The summed E-state index contributed by atoms with van der Waals surface area (Å²) in [5.74, 6) is -0.382. The zero-order valence-electron chi connectivity index (χ0n) is 11.5. The van der Waals surface area contributed by atoms with Gasteiger partial charge >= 0.3 is 5.97 Å². The molecule has 0 saturated carbocycles. The molecule has 3 rings (SSSR count). The normalized spacial score (nSPS) is 17.0. The van der Waals surface area contributed by atoms with Crippen molar-refractivity contribution in [3.8, 4) is 0 Å². The first-order chi connectivity index (χ1) is 10.1. The highest BCUT2D eigenvalue weighted by molar-refractivity contribution is 5.94. The van der Waals surface area contributed by atoms with Crippen LogP contribution in [0.5, 0.6) is 0 Å². The van der Waals surface area contributed by atoms with Crippen molar-refractivity contribution < 1.29 is 14.3 Å². The number of carbonyl (C=O) groups is 2. The summed E-state index contributed by atoms with van der Waals surface area (Å²) in [4.78, 5) is 31.4. The fourth-order valence-electron chi connectivity index (χ4n) is 2.41. The van der Waals surface area contributed by atoms with E-state index in [9.17, 15) is 9.59 Å². The maximum absolute atomic E-state index is 11.8. The molecular formula is C13H13N5O3. The van der Waals surface area contributed by atoms with E-state index in [0.717, 1.165) is 11.3 Å². The zero-order valence-corrected chi connectivity index (χ0v) is 11.5. The van der Waals surface area contributed by atoms with Crippen molar-refractivity contribution in [2.24, 2.45) is 0 Å². The van der Waals surface area contributed by atoms with E-state index in [2.05, 4.69) is 30.2 Å². The van der Waals surface area contributed by atoms with Crippen LogP contribution in [0.3, 0.4) is 0 Å². The van der Waals surface area contributed by atoms with Gasteiger partial charge < -0.3 is 10.1 Å². The van der Waals surface area contributed by atoms with E-state index in [1.165, 1.54) is 19.5 Å². The molecule has 0 aromatic carbocycles. The number of rotatable bonds is 2. The van der Waals surface area contributed by atoms with Gasteiger partial charge in [-0.25, -0.2) is 9.78 Å². The lowest BCUT2D eigenvalue weighted by Crippen LogP contribution is -2.24. The number of anilines is 1. The Hall–Kier alpha value is -2.77. The number of hydrogen-bond acceptors (Lipinski definition) is 6. The summed E-state index contributed by atoms with van der Waals surface area (Å²) >= 11 is 0. The lowest BCUT2D eigenvalue weighted by molar-refractivity contribution is -0.116. The molecule has 108 valence electrons. The molecule has 0 bridgehead atoms. The van der Waals surface area contributed by atoms with Gasteiger partial charge in [-0.2, -0.15) is 5.10 Å². The number of methoxy groups -OCH3 is 1. The summed E-state index contributed by atoms with van der Waals surface area (Å²) in [6.07, 6.45) is 3.11. The minimum Gasteiger partial charge on any atom is -0.464 e. The number of nitrogens with zero attached hydrogens (tertiary/aromatic N) is 3. The number of hydrogen-bond donors (Lipinski definition) is 2. The third-order valence-corrected chi connectivity index (χ3v) is 3.41. The molecule has 2 aromatic rings. The Kier molecular flexibility index (Phi) is 3.13. The summed E-state index contributed by atoms with van der Waals surface area (Å²) in [7, 11) is 1.28. The van der Waals surface area contributed by atoms with Gasteiger partial charge in [-0.1, -0.05) is 0 Å². The second-order valence-electron chi connectivity index (χ2n) is 4.73. The van der Waals surface area contributed by atoms with E-state index in [-0.39, 0.29) is 23.9 Å². The van der Waals surface area contributed by atoms with Gasteiger partial charge in [-0.05, 0) is 6.92 Å². The number of ether oxygens (including phenoxy) is 1. The molecule has 8 heteroatoms. The molecular weight excluding hydrogens is 274 g/mol. The van der Waals surface area contributed by atoms with E-state index in [4.69, 9.17) is 0 Å². The van der Waals surface area contributed by atoms with E-state index in [1.807, 2.05) is 6.92 Å². The van der Waals surface area contributed by atoms with Crippen molar-refractivity contribution in [2.45, 2.75) is 19.3 Å². The van der Waals surface area contributed by atoms with Crippen molar-refractivity contribution in [1.29, 1.82) is 0 Å². The Morgan fingerprint density at radius 1 is 1.38 bits per heavy atom. The number of nitrogens with one attached hydrogen (secondary N) is 2. The second kappa shape index (κ2) is 4.97. The maximum Gasteiger partial charge on any atom is 0.358 e. The monoisotopic (exact) mass is 287 g/mol. The molecule has 21 heavy (non-hydrogen) atoms. The fourth-order valence-corrected chi connectivity index (χ4v) is 2.41. The van der Waals surface area contributed by atoms with Crippen LogP contribution in [-0.2, 0) is 9.53 Å². The number of aromatic nitrogens is 4. The van der Waals surface area contributed by atoms with Crippen LogP contribution in [0.4, 0.5) is 5.82 Å². The van der Waals surface area contributed by atoms with Crippen molar-refractivity contribution in [1.82, 2.24) is 20.2 Å². The van der Waals surface area contributed by atoms with E-state index in [0.29, 0.717) is 11.5 Å². The maximum atomic E-state index is 11.8. The molecule has 0 radical (unpaired) electrons. The van der Waals surface area contributed by atoms with Gasteiger partial charge in [0.1, 0.15) is 0 Å². The van der Waals surface area contributed by atoms with Gasteiger partial charge in [0.25, 0.3) is 0 Å². The van der Waals surface area contributed by atoms with Crippen LogP contribution in [0.25, 0.3) is 0 Å². The van der Waals surface area contributed by atoms with Crippen LogP contribution in [0, 0.1) is 6.92 Å². The van der Waals surface area contributed by atoms with Gasteiger partial charge in [-0.15, -0.1) is 0 Å². The quantitative estimate of drug-likeness (QED) is 0.789. The van der Waals surface area contributed by atoms with Gasteiger partial charge in [0.15, 0.2) is 11.5 Å². The minimum absolute atomic E-state index is 0.127. The third-order valence-electron chi connectivity index (χ3n) is 3.41. The Labute approximate surface area is 119 Å². The topological polar surface area (TPSA) is 110 Å². The molecule has 2 aromatic heterocycles. The van der Waals surface area contributed by atoms with E-state index in [1.54, 1.807) is 0 Å². The molecule has 8 nitrogen and oxygen atoms in total. The molecule has 0 aliphatic carbocycles. The van der Waals surface area contributed by atoms with E-state index >= 15 is 0 Å². The number of H-pyrrole nitrogens is 1. The molecule has 1 aliphatic rings. The SMILES string of the molecule is COC(=O)c1cnc(C2CC(=O)Nc3n[nH]c(C)c32)cn1. The Morgan fingerprint density at radius 2 is 2.19 bits per heavy atom. The average Bonchev–Trinajstić information content (AvgIpc) is 2.87. The summed E-state index contributed by atoms with van der Waals surface area (Å²) in [5.41, 5.74) is 2.51. The van der Waals surface area contributed by atoms with Gasteiger partial charge in [0.05, 0.1) is 25.2 Å². The molecule has 1 amide bonds. The first-order valence-corrected chi connectivity index (χ1v) is 6.35. The van der Waals surface area contributed by atoms with Crippen molar-refractivity contribution in [3.05, 3.63) is 35.0 Å². The number of aromatic amines is 1. The Morgan fingerprint density at radius 3 is 2.86 bits per heavy atom. The lowest BCUT2D eigenvalue weighted by atomic mass is 9.89. The third kappa shape index (κ3) is 2.24. The average molecular weight is 287 g/mol. The van der Waals surface area contributed by atoms with Crippen molar-refractivity contribution in [2.75, 3.05) is 12.4 Å². The predicted molar refractivity (Wildman–Crippen MR) is 71.8 cm³/mol. The van der Waals surface area contributed by atoms with Gasteiger partial charge in [-0.3, -0.25) is 14.9 Å². The number of carbonyl (C=O) groups excluding carboxylic acids is 2. The second-order valence-corrected chi connectivity index (χ2v) is 4.73. The molecule has 3 heterocycles. The highest BCUT2D eigenvalue weighted by Gasteiger charge is 2.31. The number of esters is 1. The molecule has 0 spiro atoms. The Balaban J connectivity index is 1.98. The van der Waals surface area contributed by atoms with Crippen molar-refractivity contribution in [3.63, 3.8) is 0 Å². The molecule has 1 unspecified atom stereocenters. The lowest BCUT2D eigenvalue weighted by Gasteiger charge is -2.21. The van der Waals surface area contributed by atoms with Gasteiger partial charge in [0, 0.05) is 23.6 Å². The predicted octanol–water partition coefficient (Wildman–Crippen LogP) is 0.769. The van der Waals surface area contributed by atoms with Crippen LogP contribution in [0.2, 0.25) is 0 Å². The van der Waals surface area contributed by atoms with Crippen LogP contribution >= 0.6 is 0 Å². The number of amides is 1. The number of fused-ring (bicyclic) bond motifs is 1. The van der Waals surface area contributed by atoms with Crippen LogP contribution in [-0.4, -0.2) is 39.2 Å². The molecule has 2 N–H and O–H groups in total. The van der Waals surface area contributed by atoms with Crippen LogP contribution < -0.4 is 5.32 Å². The molecule has 1 atom stereocenters. The zero-order chi connectivity index (χ0) is 15.0. The summed E-state index contributed by atoms with van der Waals surface area (Å²) in [6.45, 7) is 1.88. The van der Waals surface area contributed by atoms with Gasteiger partial charge in [0.2, 0.25) is 5.91 Å². The standard InChI is InChI=1S/C13H13N5O3/c1-6-11-7(3-10(19)16-12(11)18-17-6)8-4-15-9(5-14-8)13(20)21-2/h4-5,7H,3H2,1-2H3,(H2,16,17,18,19). The summed E-state index contributed by atoms with van der Waals surface area (Å²) in [6, 6.07) is 0. The first kappa shape index (κ1) is 13.2. The van der Waals surface area contributed by atoms with Crippen LogP contribution in [0.15, 0.2) is 12.4 Å². The van der Waals surface area contributed by atoms with Crippen LogP contribution in [0.1, 0.15) is 39.8 Å².